The van der Waals surface area contributed by atoms with Crippen molar-refractivity contribution in [2.24, 2.45) is 0 Å². The van der Waals surface area contributed by atoms with Crippen LogP contribution in [0.15, 0.2) is 421 Å². The highest BCUT2D eigenvalue weighted by Gasteiger charge is 2.32. The normalized spacial score (nSPS) is 11.9. The Hall–Kier alpha value is -16.4. The molecule has 25 rings (SSSR count). The minimum atomic E-state index is 0.814. The maximum atomic E-state index is 7.10. The van der Waals surface area contributed by atoms with Gasteiger partial charge in [0.15, 0.2) is 11.2 Å². The van der Waals surface area contributed by atoms with E-state index in [-0.39, 0.29) is 0 Å². The van der Waals surface area contributed by atoms with Gasteiger partial charge in [0.2, 0.25) is 0 Å². The molecule has 21 aromatic carbocycles. The Kier molecular flexibility index (Phi) is 17.3. The average molecular weight is 1620 g/mol. The first-order valence-electron chi connectivity index (χ1n) is 43.1. The van der Waals surface area contributed by atoms with Crippen LogP contribution in [0.3, 0.4) is 0 Å². The standard InChI is InChI=1S/C62H42N2O2.C56H38N2O2/c1-39-29-31-46-50(33-39)51-37-54-48-32-30-44(63(42-19-8-4-9-20-42)56-27-16-25-49-47-24-13-15-28-58(47)66-62(49)56)36-59(48)65-60-35-40(2)34-53(61(54)60)52(51)38-57(46)64(43-21-10-5-11-22-43)55-26-14-12-23-45(55)41-17-6-3-7-18-41;1-35-25-27-41-45(29-35)46-33-49-43-28-26-40(58(39-19-10-5-11-20-39)50-23-14-22-44-42-21-12-13-24-52(42)60-56(44)50)32-53(43)59-54-31-36(2)30-48(55(49)54)47(46)34-51(41)57(37-15-6-3-7-16-37)38-17-8-4-9-18-38/h3-38H,1-2H3;3-34H,1-2H3. The SMILES string of the molecule is Cc1ccc2c(N(c3ccccc3)c3ccccc3)cc3c4cc(C)cc5c4c(cc3c2c1)-c1ccc(N(c2ccccc2)c2cccc3c2oc2ccccc23)cc1O5.Cc1ccc2c(N(c3ccccc3)c3ccccc3-c3ccccc3)cc3c4cc(C)cc5c4c(cc3c2c1)-c1ccc(N(c2ccccc2)c2cccc3c2oc2ccccc23)cc1O5. The highest BCUT2D eigenvalue weighted by molar-refractivity contribution is 6.28. The molecule has 0 saturated carbocycles. The second-order valence-corrected chi connectivity index (χ2v) is 33.3. The largest absolute Gasteiger partial charge is 0.456 e. The molecule has 23 aromatic rings. The molecule has 0 spiro atoms. The van der Waals surface area contributed by atoms with E-state index in [1.165, 1.54) is 81.7 Å². The van der Waals surface area contributed by atoms with Crippen LogP contribution in [0.1, 0.15) is 22.3 Å². The molecule has 0 N–H and O–H groups in total. The molecule has 2 aliphatic rings. The third-order valence-electron chi connectivity index (χ3n) is 25.3. The van der Waals surface area contributed by atoms with E-state index in [9.17, 15) is 0 Å². The summed E-state index contributed by atoms with van der Waals surface area (Å²) in [5.41, 5.74) is 27.6. The van der Waals surface area contributed by atoms with Crippen LogP contribution in [0.4, 0.5) is 68.2 Å². The molecule has 0 amide bonds. The summed E-state index contributed by atoms with van der Waals surface area (Å²) in [5, 5.41) is 18.6. The Labute approximate surface area is 728 Å². The summed E-state index contributed by atoms with van der Waals surface area (Å²) < 4.78 is 27.4. The van der Waals surface area contributed by atoms with Crippen LogP contribution in [0.2, 0.25) is 0 Å². The minimum Gasteiger partial charge on any atom is -0.456 e. The van der Waals surface area contributed by atoms with E-state index in [0.29, 0.717) is 0 Å². The van der Waals surface area contributed by atoms with Gasteiger partial charge in [-0.05, 0) is 250 Å². The zero-order valence-corrected chi connectivity index (χ0v) is 69.7. The Bertz CT molecular complexity index is 8300. The first kappa shape index (κ1) is 73.5. The molecule has 0 saturated heterocycles. The van der Waals surface area contributed by atoms with E-state index in [2.05, 4.69) is 436 Å². The monoisotopic (exact) mass is 1620 g/mol. The summed E-state index contributed by atoms with van der Waals surface area (Å²) in [6.07, 6.45) is 0. The summed E-state index contributed by atoms with van der Waals surface area (Å²) in [4.78, 5) is 9.39. The number of furan rings is 2. The molecule has 0 unspecified atom stereocenters. The molecule has 0 fully saturated rings. The van der Waals surface area contributed by atoms with Gasteiger partial charge in [0.1, 0.15) is 34.2 Å². The van der Waals surface area contributed by atoms with Crippen LogP contribution in [-0.4, -0.2) is 0 Å². The molecule has 0 atom stereocenters. The van der Waals surface area contributed by atoms with Gasteiger partial charge in [0.25, 0.3) is 0 Å². The van der Waals surface area contributed by atoms with Gasteiger partial charge in [0.05, 0.1) is 39.8 Å². The number of hydrogen-bond donors (Lipinski definition) is 0. The van der Waals surface area contributed by atoms with E-state index in [1.807, 2.05) is 24.3 Å². The van der Waals surface area contributed by atoms with Crippen molar-refractivity contribution in [3.63, 3.8) is 0 Å². The van der Waals surface area contributed by atoms with E-state index >= 15 is 0 Å². The van der Waals surface area contributed by atoms with E-state index in [1.54, 1.807) is 0 Å². The fraction of sp³-hybridized carbons (Fsp3) is 0.0339. The highest BCUT2D eigenvalue weighted by atomic mass is 16.5. The van der Waals surface area contributed by atoms with Crippen molar-refractivity contribution >= 4 is 177 Å². The van der Waals surface area contributed by atoms with Crippen LogP contribution in [0, 0.1) is 27.7 Å². The predicted molar refractivity (Wildman–Crippen MR) is 527 cm³/mol. The van der Waals surface area contributed by atoms with E-state index in [0.717, 1.165) is 174 Å². The lowest BCUT2D eigenvalue weighted by atomic mass is 9.87. The van der Waals surface area contributed by atoms with Crippen molar-refractivity contribution in [2.45, 2.75) is 27.7 Å². The number of nitrogens with zero attached hydrogens (tertiary/aromatic N) is 4. The fourth-order valence-corrected chi connectivity index (χ4v) is 19.8. The van der Waals surface area contributed by atoms with Crippen LogP contribution >= 0.6 is 0 Å². The molecule has 2 aromatic heterocycles. The van der Waals surface area contributed by atoms with Gasteiger partial charge in [-0.2, -0.15) is 0 Å². The molecule has 0 aliphatic carbocycles. The van der Waals surface area contributed by atoms with Crippen molar-refractivity contribution < 1.29 is 18.3 Å². The molecule has 596 valence electrons. The number of para-hydroxylation sites is 10. The molecule has 8 nitrogen and oxygen atoms in total. The third kappa shape index (κ3) is 12.2. The lowest BCUT2D eigenvalue weighted by Gasteiger charge is -2.30. The Morgan fingerprint density at radius 2 is 0.516 bits per heavy atom. The minimum absolute atomic E-state index is 0.814. The summed E-state index contributed by atoms with van der Waals surface area (Å²) >= 11 is 0. The first-order valence-corrected chi connectivity index (χ1v) is 43.1. The average Bonchev–Trinajstić information content (AvgIpc) is 1.13. The lowest BCUT2D eigenvalue weighted by Crippen LogP contribution is -2.12. The topological polar surface area (TPSA) is 57.7 Å². The van der Waals surface area contributed by atoms with Crippen molar-refractivity contribution in [2.75, 3.05) is 19.6 Å². The van der Waals surface area contributed by atoms with E-state index < -0.39 is 0 Å². The van der Waals surface area contributed by atoms with Gasteiger partial charge in [-0.3, -0.25) is 0 Å². The molecular formula is C118H80N4O4. The zero-order valence-electron chi connectivity index (χ0n) is 69.7. The van der Waals surface area contributed by atoms with Gasteiger partial charge in [-0.25, -0.2) is 0 Å². The summed E-state index contributed by atoms with van der Waals surface area (Å²) in [6, 6.07) is 148. The zero-order chi connectivity index (χ0) is 83.8. The number of fused-ring (bicyclic) bond motifs is 18. The van der Waals surface area contributed by atoms with Crippen LogP contribution in [0.25, 0.3) is 142 Å². The number of ether oxygens (including phenoxy) is 2. The van der Waals surface area contributed by atoms with Crippen molar-refractivity contribution in [1.29, 1.82) is 0 Å². The summed E-state index contributed by atoms with van der Waals surface area (Å²) in [7, 11) is 0. The molecule has 4 heterocycles. The quantitative estimate of drug-likeness (QED) is 0.106. The molecule has 2 aliphatic heterocycles. The number of aryl methyl sites for hydroxylation is 4. The maximum Gasteiger partial charge on any atom is 0.159 e. The van der Waals surface area contributed by atoms with Crippen molar-refractivity contribution in [3.8, 4) is 56.4 Å². The molecule has 8 heteroatoms. The van der Waals surface area contributed by atoms with Gasteiger partial charge < -0.3 is 37.9 Å². The molecule has 0 radical (unpaired) electrons. The second-order valence-electron chi connectivity index (χ2n) is 33.3. The Morgan fingerprint density at radius 1 is 0.175 bits per heavy atom. The Morgan fingerprint density at radius 3 is 0.960 bits per heavy atom. The fourth-order valence-electron chi connectivity index (χ4n) is 19.8. The predicted octanol–water partition coefficient (Wildman–Crippen LogP) is 34.4. The summed E-state index contributed by atoms with van der Waals surface area (Å²) in [6.45, 7) is 8.72. The number of hydrogen-bond acceptors (Lipinski definition) is 8. The van der Waals surface area contributed by atoms with Gasteiger partial charge in [0, 0.05) is 100 Å². The number of benzene rings is 21. The van der Waals surface area contributed by atoms with Crippen LogP contribution in [0.5, 0.6) is 23.0 Å². The number of rotatable bonds is 13. The van der Waals surface area contributed by atoms with E-state index in [4.69, 9.17) is 18.3 Å². The van der Waals surface area contributed by atoms with Gasteiger partial charge in [-0.15, -0.1) is 0 Å². The smallest absolute Gasteiger partial charge is 0.159 e. The Balaban J connectivity index is 0.000000142. The maximum absolute atomic E-state index is 7.10. The lowest BCUT2D eigenvalue weighted by molar-refractivity contribution is 0.486. The highest BCUT2D eigenvalue weighted by Crippen LogP contribution is 2.58. The summed E-state index contributed by atoms with van der Waals surface area (Å²) in [5.74, 6) is 3.36. The molecular weight excluding hydrogens is 1540 g/mol. The van der Waals surface area contributed by atoms with Crippen LogP contribution < -0.4 is 29.1 Å². The van der Waals surface area contributed by atoms with Crippen molar-refractivity contribution in [1.82, 2.24) is 0 Å². The third-order valence-corrected chi connectivity index (χ3v) is 25.3. The van der Waals surface area contributed by atoms with Gasteiger partial charge in [-0.1, -0.05) is 260 Å². The molecule has 0 bridgehead atoms. The number of anilines is 12. The molecule has 126 heavy (non-hydrogen) atoms. The second kappa shape index (κ2) is 29.7. The van der Waals surface area contributed by atoms with Crippen molar-refractivity contribution in [3.05, 3.63) is 435 Å². The van der Waals surface area contributed by atoms with Crippen LogP contribution in [-0.2, 0) is 0 Å². The first-order chi connectivity index (χ1) is 62.1. The van der Waals surface area contributed by atoms with Gasteiger partial charge >= 0.3 is 0 Å².